The van der Waals surface area contributed by atoms with Crippen molar-refractivity contribution in [3.05, 3.63) is 58.7 Å². The summed E-state index contributed by atoms with van der Waals surface area (Å²) in [6, 6.07) is 11.3. The number of rotatable bonds is 4. The lowest BCUT2D eigenvalue weighted by Gasteiger charge is -2.35. The van der Waals surface area contributed by atoms with Gasteiger partial charge in [-0.05, 0) is 60.6 Å². The Morgan fingerprint density at radius 3 is 2.39 bits per heavy atom. The minimum absolute atomic E-state index is 0.0646. The average molecular weight is 445 g/mol. The van der Waals surface area contributed by atoms with Gasteiger partial charge in [0.25, 0.3) is 5.91 Å². The van der Waals surface area contributed by atoms with Crippen molar-refractivity contribution in [2.24, 2.45) is 0 Å². The zero-order valence-corrected chi connectivity index (χ0v) is 20.1. The highest BCUT2D eigenvalue weighted by atomic mass is 32.2. The lowest BCUT2D eigenvalue weighted by atomic mass is 9.86. The van der Waals surface area contributed by atoms with E-state index in [1.165, 1.54) is 9.87 Å². The molecule has 0 fully saturated rings. The van der Waals surface area contributed by atoms with Crippen molar-refractivity contribution in [1.82, 2.24) is 5.32 Å². The van der Waals surface area contributed by atoms with Crippen LogP contribution in [0.5, 0.6) is 5.75 Å². The summed E-state index contributed by atoms with van der Waals surface area (Å²) < 4.78 is 32.3. The molecule has 0 aliphatic carbocycles. The van der Waals surface area contributed by atoms with Crippen molar-refractivity contribution in [1.29, 1.82) is 0 Å². The van der Waals surface area contributed by atoms with Gasteiger partial charge < -0.3 is 10.1 Å². The van der Waals surface area contributed by atoms with Crippen LogP contribution < -0.4 is 14.4 Å². The first-order valence-electron chi connectivity index (χ1n) is 10.4. The number of fused-ring (bicyclic) bond motifs is 1. The van der Waals surface area contributed by atoms with E-state index in [-0.39, 0.29) is 23.9 Å². The fraction of sp³-hybridized carbons (Fsp3) is 0.458. The quantitative estimate of drug-likeness (QED) is 0.773. The van der Waals surface area contributed by atoms with Crippen LogP contribution >= 0.6 is 0 Å². The molecule has 2 atom stereocenters. The molecule has 1 heterocycles. The van der Waals surface area contributed by atoms with Gasteiger partial charge >= 0.3 is 0 Å². The topological polar surface area (TPSA) is 75.7 Å². The number of aryl methyl sites for hydroxylation is 2. The first kappa shape index (κ1) is 23.1. The van der Waals surface area contributed by atoms with Crippen LogP contribution in [0.2, 0.25) is 0 Å². The number of sulfonamides is 1. The van der Waals surface area contributed by atoms with Crippen molar-refractivity contribution < 1.29 is 17.9 Å². The van der Waals surface area contributed by atoms with Crippen molar-refractivity contribution in [2.45, 2.75) is 59.1 Å². The molecule has 1 aliphatic heterocycles. The molecule has 3 rings (SSSR count). The Morgan fingerprint density at radius 1 is 1.13 bits per heavy atom. The minimum atomic E-state index is -3.59. The Labute approximate surface area is 185 Å². The summed E-state index contributed by atoms with van der Waals surface area (Å²) in [5.74, 6) is 0.0496. The van der Waals surface area contributed by atoms with Crippen molar-refractivity contribution >= 4 is 21.6 Å². The van der Waals surface area contributed by atoms with Gasteiger partial charge in [0.05, 0.1) is 24.5 Å². The van der Waals surface area contributed by atoms with Crippen LogP contribution in [0.25, 0.3) is 0 Å². The molecule has 0 bridgehead atoms. The van der Waals surface area contributed by atoms with Gasteiger partial charge in [0.2, 0.25) is 10.0 Å². The van der Waals surface area contributed by atoms with Crippen molar-refractivity contribution in [2.75, 3.05) is 17.1 Å². The van der Waals surface area contributed by atoms with Gasteiger partial charge in [-0.2, -0.15) is 0 Å². The second kappa shape index (κ2) is 8.19. The number of anilines is 1. The van der Waals surface area contributed by atoms with E-state index in [0.29, 0.717) is 11.4 Å². The predicted molar refractivity (Wildman–Crippen MR) is 124 cm³/mol. The molecule has 1 aliphatic rings. The lowest BCUT2D eigenvalue weighted by Crippen LogP contribution is -2.50. The van der Waals surface area contributed by atoms with E-state index < -0.39 is 16.1 Å². The molecule has 0 aromatic heterocycles. The van der Waals surface area contributed by atoms with Crippen LogP contribution in [0.3, 0.4) is 0 Å². The molecule has 7 heteroatoms. The minimum Gasteiger partial charge on any atom is -0.476 e. The van der Waals surface area contributed by atoms with Crippen molar-refractivity contribution in [3.8, 4) is 5.75 Å². The number of carbonyl (C=O) groups is 1. The van der Waals surface area contributed by atoms with E-state index in [1.807, 2.05) is 51.1 Å². The first-order chi connectivity index (χ1) is 14.3. The normalized spacial score (nSPS) is 17.5. The summed E-state index contributed by atoms with van der Waals surface area (Å²) >= 11 is 0. The monoisotopic (exact) mass is 444 g/mol. The highest BCUT2D eigenvalue weighted by Gasteiger charge is 2.36. The molecule has 31 heavy (non-hydrogen) atoms. The van der Waals surface area contributed by atoms with Gasteiger partial charge in [-0.3, -0.25) is 9.10 Å². The number of nitrogens with zero attached hydrogens (tertiary/aromatic N) is 1. The molecule has 0 unspecified atom stereocenters. The Hall–Kier alpha value is -2.54. The zero-order chi connectivity index (χ0) is 23.1. The number of ether oxygens (including phenoxy) is 1. The van der Waals surface area contributed by atoms with Crippen LogP contribution in [0.4, 0.5) is 5.69 Å². The Kier molecular flexibility index (Phi) is 6.11. The van der Waals surface area contributed by atoms with Crippen LogP contribution in [0.1, 0.15) is 56.0 Å². The Morgan fingerprint density at radius 2 is 1.81 bits per heavy atom. The number of nitrogens with one attached hydrogen (secondary N) is 1. The molecule has 1 N–H and O–H groups in total. The molecule has 0 saturated carbocycles. The maximum Gasteiger partial charge on any atom is 0.263 e. The second-order valence-electron chi connectivity index (χ2n) is 9.41. The highest BCUT2D eigenvalue weighted by molar-refractivity contribution is 7.92. The number of benzene rings is 2. The molecule has 0 saturated heterocycles. The average Bonchev–Trinajstić information content (AvgIpc) is 2.67. The molecular formula is C24H32N2O4S. The van der Waals surface area contributed by atoms with E-state index in [9.17, 15) is 13.2 Å². The van der Waals surface area contributed by atoms with Gasteiger partial charge in [0, 0.05) is 0 Å². The molecular weight excluding hydrogens is 412 g/mol. The van der Waals surface area contributed by atoms with E-state index >= 15 is 0 Å². The SMILES string of the molecule is Cc1ccc([C@H](C)NC(=O)[C@@H]2CN(S(C)(=O)=O)c3cc(C(C)(C)C)ccc3O2)cc1C. The third-order valence-corrected chi connectivity index (χ3v) is 6.92. The summed E-state index contributed by atoms with van der Waals surface area (Å²) in [4.78, 5) is 13.0. The highest BCUT2D eigenvalue weighted by Crippen LogP contribution is 2.38. The predicted octanol–water partition coefficient (Wildman–Crippen LogP) is 4.01. The fourth-order valence-corrected chi connectivity index (χ4v) is 4.50. The summed E-state index contributed by atoms with van der Waals surface area (Å²) in [6.45, 7) is 12.1. The maximum absolute atomic E-state index is 13.0. The van der Waals surface area contributed by atoms with Gasteiger partial charge in [-0.15, -0.1) is 0 Å². The summed E-state index contributed by atoms with van der Waals surface area (Å²) in [5.41, 5.74) is 4.65. The standard InChI is InChI=1S/C24H32N2O4S/c1-15-8-9-18(12-16(15)2)17(3)25-23(27)22-14-26(31(7,28)29)20-13-19(24(4,5)6)10-11-21(20)30-22/h8-13,17,22H,14H2,1-7H3,(H,25,27)/t17-,22-/m0/s1. The van der Waals surface area contributed by atoms with E-state index in [4.69, 9.17) is 4.74 Å². The van der Waals surface area contributed by atoms with Crippen LogP contribution in [0, 0.1) is 13.8 Å². The Balaban J connectivity index is 1.86. The first-order valence-corrected chi connectivity index (χ1v) is 12.3. The lowest BCUT2D eigenvalue weighted by molar-refractivity contribution is -0.128. The third kappa shape index (κ3) is 5.03. The zero-order valence-electron chi connectivity index (χ0n) is 19.3. The summed E-state index contributed by atoms with van der Waals surface area (Å²) in [5, 5.41) is 2.97. The number of hydrogen-bond acceptors (Lipinski definition) is 4. The largest absolute Gasteiger partial charge is 0.476 e. The van der Waals surface area contributed by atoms with Crippen LogP contribution in [-0.2, 0) is 20.2 Å². The van der Waals surface area contributed by atoms with Gasteiger partial charge in [-0.1, -0.05) is 45.0 Å². The molecule has 2 aromatic rings. The maximum atomic E-state index is 13.0. The fourth-order valence-electron chi connectivity index (χ4n) is 3.59. The third-order valence-electron chi connectivity index (χ3n) is 5.78. The summed E-state index contributed by atoms with van der Waals surface area (Å²) in [7, 11) is -3.59. The number of carbonyl (C=O) groups excluding carboxylic acids is 1. The Bertz CT molecular complexity index is 1100. The number of hydrogen-bond donors (Lipinski definition) is 1. The van der Waals surface area contributed by atoms with E-state index in [1.54, 1.807) is 6.07 Å². The van der Waals surface area contributed by atoms with Gasteiger partial charge in [-0.25, -0.2) is 8.42 Å². The molecule has 0 radical (unpaired) electrons. The number of amides is 1. The molecule has 2 aromatic carbocycles. The molecule has 6 nitrogen and oxygen atoms in total. The summed E-state index contributed by atoms with van der Waals surface area (Å²) in [6.07, 6.45) is 0.218. The van der Waals surface area contributed by atoms with Crippen LogP contribution in [-0.4, -0.2) is 33.2 Å². The smallest absolute Gasteiger partial charge is 0.263 e. The van der Waals surface area contributed by atoms with Crippen LogP contribution in [0.15, 0.2) is 36.4 Å². The second-order valence-corrected chi connectivity index (χ2v) is 11.3. The molecule has 1 amide bonds. The van der Waals surface area contributed by atoms with Crippen molar-refractivity contribution in [3.63, 3.8) is 0 Å². The molecule has 0 spiro atoms. The van der Waals surface area contributed by atoms with E-state index in [0.717, 1.165) is 22.9 Å². The van der Waals surface area contributed by atoms with E-state index in [2.05, 4.69) is 26.1 Å². The molecule has 168 valence electrons. The van der Waals surface area contributed by atoms with Gasteiger partial charge in [0.1, 0.15) is 5.75 Å². The van der Waals surface area contributed by atoms with Gasteiger partial charge in [0.15, 0.2) is 6.10 Å².